The third-order valence-electron chi connectivity index (χ3n) is 4.01. The van der Waals surface area contributed by atoms with Crippen LogP contribution in [-0.4, -0.2) is 18.5 Å². The molecule has 0 saturated carbocycles. The SMILES string of the molecule is CCCCCCCC(C)CCC(C)C(=O)OC=C(Br)COC(C)=O. The van der Waals surface area contributed by atoms with Crippen LogP contribution in [-0.2, 0) is 19.1 Å². The first-order valence-corrected chi connectivity index (χ1v) is 9.84. The van der Waals surface area contributed by atoms with Gasteiger partial charge in [-0.25, -0.2) is 0 Å². The first-order valence-electron chi connectivity index (χ1n) is 9.05. The van der Waals surface area contributed by atoms with Gasteiger partial charge >= 0.3 is 11.9 Å². The maximum absolute atomic E-state index is 11.9. The highest BCUT2D eigenvalue weighted by Crippen LogP contribution is 2.20. The molecular formula is C19H33BrO4. The average molecular weight is 405 g/mol. The molecule has 0 aromatic carbocycles. The highest BCUT2D eigenvalue weighted by atomic mass is 79.9. The van der Waals surface area contributed by atoms with Gasteiger partial charge in [0.05, 0.1) is 10.4 Å². The van der Waals surface area contributed by atoms with Crippen LogP contribution in [0.3, 0.4) is 0 Å². The zero-order valence-corrected chi connectivity index (χ0v) is 17.2. The van der Waals surface area contributed by atoms with Crippen molar-refractivity contribution in [1.82, 2.24) is 0 Å². The molecule has 0 aliphatic heterocycles. The molecule has 0 heterocycles. The Morgan fingerprint density at radius 2 is 1.71 bits per heavy atom. The van der Waals surface area contributed by atoms with Crippen LogP contribution in [0.2, 0.25) is 0 Å². The third kappa shape index (κ3) is 13.6. The van der Waals surface area contributed by atoms with Gasteiger partial charge in [-0.05, 0) is 34.7 Å². The minimum atomic E-state index is -0.372. The van der Waals surface area contributed by atoms with E-state index in [1.165, 1.54) is 51.7 Å². The van der Waals surface area contributed by atoms with Gasteiger partial charge in [-0.1, -0.05) is 59.3 Å². The van der Waals surface area contributed by atoms with E-state index in [0.29, 0.717) is 10.4 Å². The number of hydrogen-bond donors (Lipinski definition) is 0. The molecule has 0 aliphatic carbocycles. The Morgan fingerprint density at radius 3 is 2.33 bits per heavy atom. The molecule has 4 nitrogen and oxygen atoms in total. The fourth-order valence-corrected chi connectivity index (χ4v) is 2.54. The number of hydrogen-bond acceptors (Lipinski definition) is 4. The highest BCUT2D eigenvalue weighted by molar-refractivity contribution is 9.11. The molecule has 0 saturated heterocycles. The predicted molar refractivity (Wildman–Crippen MR) is 101 cm³/mol. The second kappa shape index (κ2) is 14.5. The molecule has 0 aliphatic rings. The van der Waals surface area contributed by atoms with Crippen LogP contribution in [0.4, 0.5) is 0 Å². The van der Waals surface area contributed by atoms with Crippen molar-refractivity contribution in [2.45, 2.75) is 79.1 Å². The Bertz CT molecular complexity index is 393. The maximum Gasteiger partial charge on any atom is 0.313 e. The van der Waals surface area contributed by atoms with Crippen molar-refractivity contribution in [3.05, 3.63) is 10.7 Å². The summed E-state index contributed by atoms with van der Waals surface area (Å²) in [6.45, 7) is 7.79. The summed E-state index contributed by atoms with van der Waals surface area (Å²) in [6, 6.07) is 0. The largest absolute Gasteiger partial charge is 0.460 e. The van der Waals surface area contributed by atoms with Gasteiger partial charge in [0.2, 0.25) is 0 Å². The second-order valence-electron chi connectivity index (χ2n) is 6.57. The molecule has 24 heavy (non-hydrogen) atoms. The van der Waals surface area contributed by atoms with Crippen LogP contribution in [0.5, 0.6) is 0 Å². The van der Waals surface area contributed by atoms with Gasteiger partial charge in [0.15, 0.2) is 0 Å². The van der Waals surface area contributed by atoms with E-state index in [0.717, 1.165) is 12.8 Å². The summed E-state index contributed by atoms with van der Waals surface area (Å²) in [5, 5.41) is 0. The Morgan fingerprint density at radius 1 is 1.04 bits per heavy atom. The molecule has 0 fully saturated rings. The number of ether oxygens (including phenoxy) is 2. The van der Waals surface area contributed by atoms with E-state index in [9.17, 15) is 9.59 Å². The van der Waals surface area contributed by atoms with E-state index in [1.54, 1.807) is 0 Å². The van der Waals surface area contributed by atoms with Crippen LogP contribution in [0, 0.1) is 11.8 Å². The zero-order chi connectivity index (χ0) is 18.4. The average Bonchev–Trinajstić information content (AvgIpc) is 2.55. The molecule has 0 rings (SSSR count). The summed E-state index contributed by atoms with van der Waals surface area (Å²) in [5.74, 6) is -0.0976. The lowest BCUT2D eigenvalue weighted by Gasteiger charge is -2.14. The van der Waals surface area contributed by atoms with Crippen LogP contribution in [0.1, 0.15) is 79.1 Å². The first-order chi connectivity index (χ1) is 11.4. The Labute approximate surface area is 155 Å². The molecular weight excluding hydrogens is 372 g/mol. The van der Waals surface area contributed by atoms with Crippen molar-refractivity contribution >= 4 is 27.9 Å². The van der Waals surface area contributed by atoms with Crippen molar-refractivity contribution in [1.29, 1.82) is 0 Å². The molecule has 0 spiro atoms. The van der Waals surface area contributed by atoms with Crippen molar-refractivity contribution in [3.63, 3.8) is 0 Å². The summed E-state index contributed by atoms with van der Waals surface area (Å²) >= 11 is 3.20. The lowest BCUT2D eigenvalue weighted by atomic mass is 9.93. The van der Waals surface area contributed by atoms with Crippen LogP contribution < -0.4 is 0 Å². The van der Waals surface area contributed by atoms with Gasteiger partial charge in [0.25, 0.3) is 0 Å². The van der Waals surface area contributed by atoms with E-state index in [1.807, 2.05) is 6.92 Å². The Balaban J connectivity index is 3.88. The van der Waals surface area contributed by atoms with E-state index in [2.05, 4.69) is 29.8 Å². The fourth-order valence-electron chi connectivity index (χ4n) is 2.34. The van der Waals surface area contributed by atoms with E-state index in [-0.39, 0.29) is 24.5 Å². The summed E-state index contributed by atoms with van der Waals surface area (Å²) in [5.41, 5.74) is 0. The van der Waals surface area contributed by atoms with Gasteiger partial charge in [-0.2, -0.15) is 0 Å². The van der Waals surface area contributed by atoms with Gasteiger partial charge in [0.1, 0.15) is 12.9 Å². The van der Waals surface area contributed by atoms with Crippen molar-refractivity contribution < 1.29 is 19.1 Å². The van der Waals surface area contributed by atoms with Gasteiger partial charge in [0, 0.05) is 6.92 Å². The molecule has 2 unspecified atom stereocenters. The van der Waals surface area contributed by atoms with E-state index in [4.69, 9.17) is 9.47 Å². The number of halogens is 1. The minimum Gasteiger partial charge on any atom is -0.460 e. The number of rotatable bonds is 13. The maximum atomic E-state index is 11.9. The standard InChI is InChI=1S/C19H33BrO4/c1-5-6-7-8-9-10-15(2)11-12-16(3)19(22)24-14-18(20)13-23-17(4)21/h14-16H,5-13H2,1-4H3. The fraction of sp³-hybridized carbons (Fsp3) is 0.789. The zero-order valence-electron chi connectivity index (χ0n) is 15.6. The van der Waals surface area contributed by atoms with Crippen molar-refractivity contribution in [2.75, 3.05) is 6.61 Å². The van der Waals surface area contributed by atoms with Gasteiger partial charge in [-0.15, -0.1) is 0 Å². The highest BCUT2D eigenvalue weighted by Gasteiger charge is 2.15. The molecule has 0 radical (unpaired) electrons. The minimum absolute atomic E-state index is 0.0755. The van der Waals surface area contributed by atoms with Crippen LogP contribution in [0.15, 0.2) is 10.7 Å². The van der Waals surface area contributed by atoms with Gasteiger partial charge in [-0.3, -0.25) is 9.59 Å². The normalized spacial score (nSPS) is 14.1. The summed E-state index contributed by atoms with van der Waals surface area (Å²) < 4.78 is 10.4. The monoisotopic (exact) mass is 404 g/mol. The first kappa shape index (κ1) is 23.2. The number of unbranched alkanes of at least 4 members (excludes halogenated alkanes) is 4. The predicted octanol–water partition coefficient (Wildman–Crippen LogP) is 5.74. The quantitative estimate of drug-likeness (QED) is 0.223. The summed E-state index contributed by atoms with van der Waals surface area (Å²) in [6.07, 6.45) is 11.0. The van der Waals surface area contributed by atoms with E-state index >= 15 is 0 Å². The molecule has 0 bridgehead atoms. The Kier molecular flexibility index (Phi) is 14.0. The third-order valence-corrected chi connectivity index (χ3v) is 4.43. The summed E-state index contributed by atoms with van der Waals surface area (Å²) in [4.78, 5) is 22.6. The smallest absolute Gasteiger partial charge is 0.313 e. The van der Waals surface area contributed by atoms with Crippen molar-refractivity contribution in [3.8, 4) is 0 Å². The molecule has 5 heteroatoms. The Hall–Kier alpha value is -0.840. The number of esters is 2. The molecule has 0 aromatic heterocycles. The molecule has 0 amide bonds. The van der Waals surface area contributed by atoms with Crippen LogP contribution >= 0.6 is 15.9 Å². The molecule has 0 N–H and O–H groups in total. The van der Waals surface area contributed by atoms with E-state index < -0.39 is 0 Å². The number of carbonyl (C=O) groups is 2. The van der Waals surface area contributed by atoms with Gasteiger partial charge < -0.3 is 9.47 Å². The molecule has 2 atom stereocenters. The molecule has 0 aromatic rings. The lowest BCUT2D eigenvalue weighted by molar-refractivity contribution is -0.142. The lowest BCUT2D eigenvalue weighted by Crippen LogP contribution is -2.14. The van der Waals surface area contributed by atoms with Crippen molar-refractivity contribution in [2.24, 2.45) is 11.8 Å². The van der Waals surface area contributed by atoms with Crippen LogP contribution in [0.25, 0.3) is 0 Å². The summed E-state index contributed by atoms with van der Waals surface area (Å²) in [7, 11) is 0. The second-order valence-corrected chi connectivity index (χ2v) is 7.59. The number of carbonyl (C=O) groups excluding carboxylic acids is 2. The molecule has 140 valence electrons. The topological polar surface area (TPSA) is 52.6 Å².